The number of hydrazone groups is 1. The molecule has 0 aliphatic rings. The van der Waals surface area contributed by atoms with Crippen molar-refractivity contribution in [2.75, 3.05) is 5.75 Å². The van der Waals surface area contributed by atoms with Crippen LogP contribution in [0.2, 0.25) is 0 Å². The van der Waals surface area contributed by atoms with E-state index in [1.807, 2.05) is 0 Å². The Kier molecular flexibility index (Phi) is 7.34. The molecule has 0 spiro atoms. The van der Waals surface area contributed by atoms with E-state index in [0.717, 1.165) is 5.75 Å². The summed E-state index contributed by atoms with van der Waals surface area (Å²) in [6.45, 7) is 10.7. The average Bonchev–Trinajstić information content (AvgIpc) is 2.68. The molecule has 2 aromatic rings. The quantitative estimate of drug-likeness (QED) is 0.421. The van der Waals surface area contributed by atoms with Crippen LogP contribution >= 0.6 is 11.8 Å². The van der Waals surface area contributed by atoms with E-state index >= 15 is 0 Å². The summed E-state index contributed by atoms with van der Waals surface area (Å²) in [5.74, 6) is 0.903. The normalized spacial score (nSPS) is 11.0. The Bertz CT molecular complexity index is 892. The second kappa shape index (κ2) is 9.50. The monoisotopic (exact) mass is 399 g/mol. The van der Waals surface area contributed by atoms with Gasteiger partial charge in [-0.15, -0.1) is 11.8 Å². The maximum Gasteiger partial charge on any atom is 0.269 e. The molecule has 0 aliphatic heterocycles. The van der Waals surface area contributed by atoms with E-state index in [1.165, 1.54) is 51.7 Å². The van der Waals surface area contributed by atoms with Crippen LogP contribution in [0.1, 0.15) is 38.9 Å². The van der Waals surface area contributed by atoms with Gasteiger partial charge < -0.3 is 0 Å². The largest absolute Gasteiger partial charge is 0.272 e. The number of nitrogens with zero attached hydrogens (tertiary/aromatic N) is 2. The molecular weight excluding hydrogens is 374 g/mol. The number of rotatable bonds is 7. The van der Waals surface area contributed by atoms with Gasteiger partial charge in [0.25, 0.3) is 5.69 Å². The third kappa shape index (κ3) is 5.19. The van der Waals surface area contributed by atoms with Gasteiger partial charge in [-0.3, -0.25) is 14.9 Å². The summed E-state index contributed by atoms with van der Waals surface area (Å²) >= 11 is 1.56. The predicted octanol–water partition coefficient (Wildman–Crippen LogP) is 4.52. The Morgan fingerprint density at radius 1 is 1.04 bits per heavy atom. The molecule has 6 nitrogen and oxygen atoms in total. The number of non-ortho nitro benzene ring substituents is 1. The Labute approximate surface area is 169 Å². The molecule has 0 heterocycles. The zero-order chi connectivity index (χ0) is 20.8. The van der Waals surface area contributed by atoms with E-state index in [9.17, 15) is 14.9 Å². The van der Waals surface area contributed by atoms with Crippen molar-refractivity contribution in [3.8, 4) is 0 Å². The van der Waals surface area contributed by atoms with Crippen molar-refractivity contribution in [3.05, 3.63) is 73.3 Å². The summed E-state index contributed by atoms with van der Waals surface area (Å²) in [4.78, 5) is 22.2. The first-order valence-corrected chi connectivity index (χ1v) is 10.1. The van der Waals surface area contributed by atoms with Gasteiger partial charge in [-0.25, -0.2) is 5.43 Å². The maximum atomic E-state index is 12.0. The summed E-state index contributed by atoms with van der Waals surface area (Å²) in [6, 6.07) is 5.96. The lowest BCUT2D eigenvalue weighted by Gasteiger charge is -2.18. The number of hydrogen-bond donors (Lipinski definition) is 1. The van der Waals surface area contributed by atoms with E-state index in [1.54, 1.807) is 23.9 Å². The van der Waals surface area contributed by atoms with Crippen molar-refractivity contribution < 1.29 is 9.72 Å². The van der Waals surface area contributed by atoms with Crippen LogP contribution in [0.4, 0.5) is 5.69 Å². The van der Waals surface area contributed by atoms with E-state index in [0.29, 0.717) is 11.3 Å². The number of nitrogens with one attached hydrogen (secondary N) is 1. The second-order valence-corrected chi connectivity index (χ2v) is 7.72. The van der Waals surface area contributed by atoms with Crippen LogP contribution in [0, 0.1) is 44.7 Å². The number of nitro benzene ring substituents is 1. The van der Waals surface area contributed by atoms with E-state index < -0.39 is 4.92 Å². The highest BCUT2D eigenvalue weighted by molar-refractivity contribution is 7.99. The first-order valence-electron chi connectivity index (χ1n) is 8.92. The molecular formula is C21H25N3O3S. The summed E-state index contributed by atoms with van der Waals surface area (Å²) in [6.07, 6.45) is 1.47. The van der Waals surface area contributed by atoms with Crippen LogP contribution in [0.5, 0.6) is 0 Å². The third-order valence-corrected chi connectivity index (χ3v) is 6.10. The van der Waals surface area contributed by atoms with Gasteiger partial charge in [0.1, 0.15) is 0 Å². The SMILES string of the molecule is Cc1c(C)c(C)c(CSCC(=O)NN=Cc2ccc([N+](=O)[O-])cc2)c(C)c1C. The van der Waals surface area contributed by atoms with Gasteiger partial charge in [0, 0.05) is 17.9 Å². The van der Waals surface area contributed by atoms with Crippen LogP contribution in [-0.2, 0) is 10.5 Å². The molecule has 7 heteroatoms. The Balaban J connectivity index is 1.87. The fourth-order valence-electron chi connectivity index (χ4n) is 2.93. The maximum absolute atomic E-state index is 12.0. The predicted molar refractivity (Wildman–Crippen MR) is 115 cm³/mol. The van der Waals surface area contributed by atoms with Crippen LogP contribution in [0.25, 0.3) is 0 Å². The van der Waals surface area contributed by atoms with Crippen LogP contribution < -0.4 is 5.43 Å². The van der Waals surface area contributed by atoms with Crippen LogP contribution in [0.3, 0.4) is 0 Å². The van der Waals surface area contributed by atoms with Crippen LogP contribution in [-0.4, -0.2) is 22.8 Å². The van der Waals surface area contributed by atoms with Crippen molar-refractivity contribution in [3.63, 3.8) is 0 Å². The summed E-state index contributed by atoms with van der Waals surface area (Å²) in [5.41, 5.74) is 11.0. The molecule has 1 amide bonds. The standard InChI is InChI=1S/C21H25N3O3S/c1-13-14(2)16(4)20(17(5)15(13)3)11-28-12-21(25)23-22-10-18-6-8-19(9-7-18)24(26)27/h6-10H,11-12H2,1-5H3,(H,23,25). The van der Waals surface area contributed by atoms with Crippen molar-refractivity contribution in [1.29, 1.82) is 0 Å². The zero-order valence-electron chi connectivity index (χ0n) is 16.8. The van der Waals surface area contributed by atoms with Crippen LogP contribution in [0.15, 0.2) is 29.4 Å². The minimum atomic E-state index is -0.458. The van der Waals surface area contributed by atoms with Crippen molar-refractivity contribution >= 4 is 29.6 Å². The molecule has 148 valence electrons. The molecule has 28 heavy (non-hydrogen) atoms. The third-order valence-electron chi connectivity index (χ3n) is 5.14. The summed E-state index contributed by atoms with van der Waals surface area (Å²) in [7, 11) is 0. The number of carbonyl (C=O) groups is 1. The lowest BCUT2D eigenvalue weighted by atomic mass is 9.90. The van der Waals surface area contributed by atoms with Gasteiger partial charge in [-0.2, -0.15) is 5.10 Å². The second-order valence-electron chi connectivity index (χ2n) is 6.74. The highest BCUT2D eigenvalue weighted by Gasteiger charge is 2.12. The first-order chi connectivity index (χ1) is 13.2. The lowest BCUT2D eigenvalue weighted by Crippen LogP contribution is -2.19. The number of benzene rings is 2. The number of amides is 1. The molecule has 0 aromatic heterocycles. The minimum absolute atomic E-state index is 0.0183. The summed E-state index contributed by atoms with van der Waals surface area (Å²) < 4.78 is 0. The highest BCUT2D eigenvalue weighted by atomic mass is 32.2. The fraction of sp³-hybridized carbons (Fsp3) is 0.333. The molecule has 1 N–H and O–H groups in total. The number of hydrogen-bond acceptors (Lipinski definition) is 5. The molecule has 0 bridgehead atoms. The Hall–Kier alpha value is -2.67. The fourth-order valence-corrected chi connectivity index (χ4v) is 3.92. The first kappa shape index (κ1) is 21.6. The molecule has 2 aromatic carbocycles. The van der Waals surface area contributed by atoms with E-state index in [4.69, 9.17) is 0 Å². The van der Waals surface area contributed by atoms with Gasteiger partial charge in [0.15, 0.2) is 0 Å². The smallest absolute Gasteiger partial charge is 0.269 e. The lowest BCUT2D eigenvalue weighted by molar-refractivity contribution is -0.384. The van der Waals surface area contributed by atoms with Crippen molar-refractivity contribution in [1.82, 2.24) is 5.43 Å². The highest BCUT2D eigenvalue weighted by Crippen LogP contribution is 2.28. The number of nitro groups is 1. The molecule has 0 saturated heterocycles. The van der Waals surface area contributed by atoms with Crippen molar-refractivity contribution in [2.24, 2.45) is 5.10 Å². The van der Waals surface area contributed by atoms with Gasteiger partial charge in [-0.1, -0.05) is 0 Å². The van der Waals surface area contributed by atoms with Crippen molar-refractivity contribution in [2.45, 2.75) is 40.4 Å². The molecule has 0 aliphatic carbocycles. The van der Waals surface area contributed by atoms with Gasteiger partial charge in [0.2, 0.25) is 5.91 Å². The Morgan fingerprint density at radius 2 is 1.57 bits per heavy atom. The van der Waals surface area contributed by atoms with E-state index in [2.05, 4.69) is 45.1 Å². The van der Waals surface area contributed by atoms with E-state index in [-0.39, 0.29) is 11.6 Å². The minimum Gasteiger partial charge on any atom is -0.272 e. The van der Waals surface area contributed by atoms with Gasteiger partial charge in [-0.05, 0) is 85.7 Å². The molecule has 0 saturated carbocycles. The molecule has 0 radical (unpaired) electrons. The summed E-state index contributed by atoms with van der Waals surface area (Å²) in [5, 5.41) is 14.5. The number of carbonyl (C=O) groups excluding carboxylic acids is 1. The van der Waals surface area contributed by atoms with Gasteiger partial charge in [0.05, 0.1) is 16.9 Å². The zero-order valence-corrected chi connectivity index (χ0v) is 17.6. The topological polar surface area (TPSA) is 84.6 Å². The average molecular weight is 400 g/mol. The van der Waals surface area contributed by atoms with Gasteiger partial charge >= 0.3 is 0 Å². The number of thioether (sulfide) groups is 1. The Morgan fingerprint density at radius 3 is 2.11 bits per heavy atom. The molecule has 0 fully saturated rings. The molecule has 0 atom stereocenters. The molecule has 2 rings (SSSR count). The molecule has 0 unspecified atom stereocenters.